The average molecular weight is 282 g/mol. The maximum absolute atomic E-state index is 11.8. The average Bonchev–Trinajstić information content (AvgIpc) is 2.88. The molecule has 0 aromatic carbocycles. The molecular weight excluding hydrogens is 268 g/mol. The van der Waals surface area contributed by atoms with Crippen LogP contribution in [0.1, 0.15) is 11.3 Å². The SMILES string of the molecule is Cc1cccnc1CNC(=O)Nc1nc2ccccn2n1. The summed E-state index contributed by atoms with van der Waals surface area (Å²) in [5.74, 6) is 0.261. The molecule has 0 spiro atoms. The van der Waals surface area contributed by atoms with Crippen LogP contribution in [0.2, 0.25) is 0 Å². The van der Waals surface area contributed by atoms with Gasteiger partial charge in [-0.05, 0) is 30.7 Å². The molecule has 3 aromatic rings. The lowest BCUT2D eigenvalue weighted by atomic mass is 10.2. The minimum Gasteiger partial charge on any atom is -0.332 e. The van der Waals surface area contributed by atoms with Crippen molar-refractivity contribution in [1.82, 2.24) is 24.9 Å². The molecule has 2 N–H and O–H groups in total. The number of hydrogen-bond donors (Lipinski definition) is 2. The molecule has 0 saturated heterocycles. The van der Waals surface area contributed by atoms with Crippen molar-refractivity contribution in [2.45, 2.75) is 13.5 Å². The third-order valence-corrected chi connectivity index (χ3v) is 3.00. The molecular formula is C14H14N6O. The molecule has 0 saturated carbocycles. The standard InChI is InChI=1S/C14H14N6O/c1-10-5-4-7-15-11(10)9-16-14(21)18-13-17-12-6-2-3-8-20(12)19-13/h2-8H,9H2,1H3,(H2,16,18,19,21). The molecule has 0 unspecified atom stereocenters. The van der Waals surface area contributed by atoms with Gasteiger partial charge in [0.05, 0.1) is 12.2 Å². The first-order valence-electron chi connectivity index (χ1n) is 6.49. The van der Waals surface area contributed by atoms with Crippen LogP contribution in [-0.2, 0) is 6.54 Å². The highest BCUT2D eigenvalue weighted by Gasteiger charge is 2.08. The van der Waals surface area contributed by atoms with Crippen LogP contribution < -0.4 is 10.6 Å². The molecule has 7 nitrogen and oxygen atoms in total. The molecule has 0 atom stereocenters. The minimum atomic E-state index is -0.365. The number of carbonyl (C=O) groups excluding carboxylic acids is 1. The Bertz CT molecular complexity index is 749. The number of nitrogens with zero attached hydrogens (tertiary/aromatic N) is 4. The molecule has 0 aliphatic rings. The van der Waals surface area contributed by atoms with Gasteiger partial charge in [-0.2, -0.15) is 4.98 Å². The first-order valence-corrected chi connectivity index (χ1v) is 6.49. The number of rotatable bonds is 3. The van der Waals surface area contributed by atoms with E-state index >= 15 is 0 Å². The second kappa shape index (κ2) is 5.58. The first-order chi connectivity index (χ1) is 10.2. The van der Waals surface area contributed by atoms with Gasteiger partial charge in [-0.1, -0.05) is 12.1 Å². The molecule has 0 radical (unpaired) electrons. The highest BCUT2D eigenvalue weighted by molar-refractivity contribution is 5.87. The number of carbonyl (C=O) groups is 1. The molecule has 0 bridgehead atoms. The monoisotopic (exact) mass is 282 g/mol. The smallest absolute Gasteiger partial charge is 0.321 e. The number of nitrogens with one attached hydrogen (secondary N) is 2. The lowest BCUT2D eigenvalue weighted by molar-refractivity contribution is 0.251. The number of pyridine rings is 2. The van der Waals surface area contributed by atoms with Crippen molar-refractivity contribution in [2.75, 3.05) is 5.32 Å². The fraction of sp³-hybridized carbons (Fsp3) is 0.143. The van der Waals surface area contributed by atoms with Gasteiger partial charge in [0.15, 0.2) is 5.65 Å². The largest absolute Gasteiger partial charge is 0.332 e. The maximum atomic E-state index is 11.8. The molecule has 3 rings (SSSR count). The zero-order valence-corrected chi connectivity index (χ0v) is 11.4. The van der Waals surface area contributed by atoms with E-state index in [2.05, 4.69) is 25.7 Å². The second-order valence-electron chi connectivity index (χ2n) is 4.51. The predicted molar refractivity (Wildman–Crippen MR) is 77.8 cm³/mol. The lowest BCUT2D eigenvalue weighted by Crippen LogP contribution is -2.29. The Hall–Kier alpha value is -2.96. The molecule has 0 fully saturated rings. The van der Waals surface area contributed by atoms with Crippen molar-refractivity contribution in [2.24, 2.45) is 0 Å². The Labute approximate surface area is 121 Å². The van der Waals surface area contributed by atoms with E-state index in [-0.39, 0.29) is 12.0 Å². The van der Waals surface area contributed by atoms with Crippen LogP contribution in [0.15, 0.2) is 42.7 Å². The van der Waals surface area contributed by atoms with Gasteiger partial charge in [0.1, 0.15) is 0 Å². The summed E-state index contributed by atoms with van der Waals surface area (Å²) in [4.78, 5) is 20.2. The van der Waals surface area contributed by atoms with Crippen LogP contribution in [-0.4, -0.2) is 25.6 Å². The first kappa shape index (κ1) is 13.0. The Morgan fingerprint density at radius 1 is 1.29 bits per heavy atom. The fourth-order valence-electron chi connectivity index (χ4n) is 1.90. The summed E-state index contributed by atoms with van der Waals surface area (Å²) >= 11 is 0. The Balaban J connectivity index is 1.62. The van der Waals surface area contributed by atoms with Crippen molar-refractivity contribution in [3.8, 4) is 0 Å². The summed E-state index contributed by atoms with van der Waals surface area (Å²) in [6.07, 6.45) is 3.47. The fourth-order valence-corrected chi connectivity index (χ4v) is 1.90. The Morgan fingerprint density at radius 3 is 3.00 bits per heavy atom. The van der Waals surface area contributed by atoms with Crippen molar-refractivity contribution in [1.29, 1.82) is 0 Å². The summed E-state index contributed by atoms with van der Waals surface area (Å²) in [6, 6.07) is 8.96. The highest BCUT2D eigenvalue weighted by atomic mass is 16.2. The molecule has 0 aliphatic carbocycles. The van der Waals surface area contributed by atoms with Crippen LogP contribution >= 0.6 is 0 Å². The lowest BCUT2D eigenvalue weighted by Gasteiger charge is -2.06. The molecule has 21 heavy (non-hydrogen) atoms. The van der Waals surface area contributed by atoms with E-state index in [1.807, 2.05) is 37.3 Å². The van der Waals surface area contributed by atoms with E-state index in [1.165, 1.54) is 0 Å². The van der Waals surface area contributed by atoms with Gasteiger partial charge in [0.2, 0.25) is 0 Å². The predicted octanol–water partition coefficient (Wildman–Crippen LogP) is 1.75. The van der Waals surface area contributed by atoms with Crippen LogP contribution in [0.25, 0.3) is 5.65 Å². The van der Waals surface area contributed by atoms with E-state index in [0.717, 1.165) is 11.3 Å². The van der Waals surface area contributed by atoms with Crippen molar-refractivity contribution in [3.05, 3.63) is 54.0 Å². The molecule has 3 aromatic heterocycles. The zero-order chi connectivity index (χ0) is 14.7. The van der Waals surface area contributed by atoms with Gasteiger partial charge in [-0.25, -0.2) is 9.31 Å². The quantitative estimate of drug-likeness (QED) is 0.766. The Morgan fingerprint density at radius 2 is 2.19 bits per heavy atom. The van der Waals surface area contributed by atoms with Gasteiger partial charge in [-0.15, -0.1) is 5.10 Å². The summed E-state index contributed by atoms with van der Waals surface area (Å²) < 4.78 is 1.60. The van der Waals surface area contributed by atoms with Gasteiger partial charge in [0.25, 0.3) is 5.95 Å². The molecule has 0 aliphatic heterocycles. The number of urea groups is 1. The number of anilines is 1. The van der Waals surface area contributed by atoms with Crippen molar-refractivity contribution < 1.29 is 4.79 Å². The highest BCUT2D eigenvalue weighted by Crippen LogP contribution is 2.05. The Kier molecular flexibility index (Phi) is 3.46. The summed E-state index contributed by atoms with van der Waals surface area (Å²) in [7, 11) is 0. The van der Waals surface area contributed by atoms with Crippen LogP contribution in [0.4, 0.5) is 10.7 Å². The van der Waals surface area contributed by atoms with Gasteiger partial charge in [0, 0.05) is 12.4 Å². The second-order valence-corrected chi connectivity index (χ2v) is 4.51. The maximum Gasteiger partial charge on any atom is 0.321 e. The van der Waals surface area contributed by atoms with E-state index in [4.69, 9.17) is 0 Å². The van der Waals surface area contributed by atoms with Crippen LogP contribution in [0.5, 0.6) is 0 Å². The van der Waals surface area contributed by atoms with Gasteiger partial charge >= 0.3 is 6.03 Å². The van der Waals surface area contributed by atoms with Crippen LogP contribution in [0.3, 0.4) is 0 Å². The van der Waals surface area contributed by atoms with E-state index < -0.39 is 0 Å². The number of aryl methyl sites for hydroxylation is 1. The third kappa shape index (κ3) is 2.97. The van der Waals surface area contributed by atoms with E-state index in [9.17, 15) is 4.79 Å². The molecule has 2 amide bonds. The molecule has 106 valence electrons. The summed E-state index contributed by atoms with van der Waals surface area (Å²) in [5.41, 5.74) is 2.53. The minimum absolute atomic E-state index is 0.261. The third-order valence-electron chi connectivity index (χ3n) is 3.00. The summed E-state index contributed by atoms with van der Waals surface area (Å²) in [5, 5.41) is 9.47. The van der Waals surface area contributed by atoms with E-state index in [0.29, 0.717) is 12.2 Å². The van der Waals surface area contributed by atoms with Crippen molar-refractivity contribution in [3.63, 3.8) is 0 Å². The molecule has 3 heterocycles. The van der Waals surface area contributed by atoms with E-state index in [1.54, 1.807) is 16.9 Å². The van der Waals surface area contributed by atoms with Crippen LogP contribution in [0, 0.1) is 6.92 Å². The number of hydrogen-bond acceptors (Lipinski definition) is 4. The summed E-state index contributed by atoms with van der Waals surface area (Å²) in [6.45, 7) is 2.30. The zero-order valence-electron chi connectivity index (χ0n) is 11.4. The van der Waals surface area contributed by atoms with Gasteiger partial charge < -0.3 is 5.32 Å². The molecule has 7 heteroatoms. The van der Waals surface area contributed by atoms with Gasteiger partial charge in [-0.3, -0.25) is 10.3 Å². The number of amides is 2. The number of fused-ring (bicyclic) bond motifs is 1. The number of aromatic nitrogens is 4. The topological polar surface area (TPSA) is 84.2 Å². The van der Waals surface area contributed by atoms with Crippen molar-refractivity contribution >= 4 is 17.6 Å². The normalized spacial score (nSPS) is 10.5.